The quantitative estimate of drug-likeness (QED) is 0.306. The Hall–Kier alpha value is -0.680. The third-order valence-corrected chi connectivity index (χ3v) is 2.95. The van der Waals surface area contributed by atoms with Gasteiger partial charge in [0.15, 0.2) is 0 Å². The van der Waals surface area contributed by atoms with Crippen LogP contribution in [0.5, 0.6) is 0 Å². The molecule has 0 saturated heterocycles. The van der Waals surface area contributed by atoms with E-state index in [4.69, 9.17) is 14.9 Å². The van der Waals surface area contributed by atoms with Crippen LogP contribution < -0.4 is 0 Å². The van der Waals surface area contributed by atoms with Crippen molar-refractivity contribution in [3.8, 4) is 0 Å². The standard InChI is InChI=1S/C10H23O4P.C3H4O2/c1-2-3-4-5-6-7-8-9-10-14-15(11,12)13;1-2-3(4)5/h2-10H2,1H3,(H2,11,12,13);2H,1H2,(H,4,5). The van der Waals surface area contributed by atoms with Crippen LogP contribution in [0.1, 0.15) is 58.3 Å². The Kier molecular flexibility index (Phi) is 15.9. The molecule has 0 unspecified atom stereocenters. The molecule has 6 nitrogen and oxygen atoms in total. The first-order valence-corrected chi connectivity index (χ1v) is 8.42. The Morgan fingerprint density at radius 3 is 1.85 bits per heavy atom. The Labute approximate surface area is 121 Å². The molecule has 0 atom stereocenters. The van der Waals surface area contributed by atoms with Crippen molar-refractivity contribution in [2.45, 2.75) is 58.3 Å². The summed E-state index contributed by atoms with van der Waals surface area (Å²) in [7, 11) is -4.24. The maximum atomic E-state index is 10.3. The fraction of sp³-hybridized carbons (Fsp3) is 0.769. The molecule has 0 saturated carbocycles. The lowest BCUT2D eigenvalue weighted by Crippen LogP contribution is -1.92. The lowest BCUT2D eigenvalue weighted by molar-refractivity contribution is -0.131. The maximum absolute atomic E-state index is 10.3. The highest BCUT2D eigenvalue weighted by Crippen LogP contribution is 2.35. The molecule has 0 aromatic carbocycles. The monoisotopic (exact) mass is 310 g/mol. The normalized spacial score (nSPS) is 10.6. The molecule has 20 heavy (non-hydrogen) atoms. The zero-order valence-electron chi connectivity index (χ0n) is 12.2. The molecule has 120 valence electrons. The van der Waals surface area contributed by atoms with Gasteiger partial charge in [0.05, 0.1) is 6.61 Å². The number of carboxylic acids is 1. The van der Waals surface area contributed by atoms with Crippen molar-refractivity contribution in [3.63, 3.8) is 0 Å². The number of carboxylic acid groups (broad SMARTS) is 1. The van der Waals surface area contributed by atoms with Crippen LogP contribution in [-0.4, -0.2) is 27.5 Å². The van der Waals surface area contributed by atoms with E-state index in [1.807, 2.05) is 0 Å². The molecule has 0 spiro atoms. The maximum Gasteiger partial charge on any atom is 0.469 e. The van der Waals surface area contributed by atoms with E-state index in [1.54, 1.807) is 0 Å². The minimum absolute atomic E-state index is 0.166. The second-order valence-electron chi connectivity index (χ2n) is 4.34. The van der Waals surface area contributed by atoms with Crippen LogP contribution >= 0.6 is 7.82 Å². The van der Waals surface area contributed by atoms with Crippen molar-refractivity contribution in [1.82, 2.24) is 0 Å². The number of phosphoric ester groups is 1. The predicted octanol–water partition coefficient (Wildman–Crippen LogP) is 3.49. The van der Waals surface area contributed by atoms with Crippen LogP contribution in [0.25, 0.3) is 0 Å². The lowest BCUT2D eigenvalue weighted by Gasteiger charge is -2.04. The molecule has 0 fully saturated rings. The third kappa shape index (κ3) is 26.0. The van der Waals surface area contributed by atoms with Crippen LogP contribution in [0, 0.1) is 0 Å². The first-order chi connectivity index (χ1) is 9.33. The minimum Gasteiger partial charge on any atom is -0.478 e. The van der Waals surface area contributed by atoms with Gasteiger partial charge in [0.25, 0.3) is 0 Å². The van der Waals surface area contributed by atoms with Crippen LogP contribution in [-0.2, 0) is 13.9 Å². The van der Waals surface area contributed by atoms with Crippen LogP contribution in [0.4, 0.5) is 0 Å². The van der Waals surface area contributed by atoms with E-state index in [-0.39, 0.29) is 6.61 Å². The van der Waals surface area contributed by atoms with Crippen molar-refractivity contribution in [3.05, 3.63) is 12.7 Å². The van der Waals surface area contributed by atoms with Crippen LogP contribution in [0.2, 0.25) is 0 Å². The number of aliphatic carboxylic acids is 1. The van der Waals surface area contributed by atoms with Gasteiger partial charge >= 0.3 is 13.8 Å². The van der Waals surface area contributed by atoms with Crippen molar-refractivity contribution >= 4 is 13.8 Å². The minimum atomic E-state index is -4.24. The molecular formula is C13H27O6P. The molecule has 0 aliphatic rings. The average molecular weight is 310 g/mol. The highest BCUT2D eigenvalue weighted by atomic mass is 31.2. The summed E-state index contributed by atoms with van der Waals surface area (Å²) < 4.78 is 14.7. The second-order valence-corrected chi connectivity index (χ2v) is 5.58. The Bertz CT molecular complexity index is 287. The molecule has 0 aromatic rings. The molecule has 0 rings (SSSR count). The van der Waals surface area contributed by atoms with E-state index < -0.39 is 13.8 Å². The smallest absolute Gasteiger partial charge is 0.469 e. The Morgan fingerprint density at radius 2 is 1.50 bits per heavy atom. The second kappa shape index (κ2) is 14.7. The summed E-state index contributed by atoms with van der Waals surface area (Å²) in [6.45, 7) is 5.32. The molecule has 0 bridgehead atoms. The van der Waals surface area contributed by atoms with Gasteiger partial charge in [-0.3, -0.25) is 4.52 Å². The number of unbranched alkanes of at least 4 members (excludes halogenated alkanes) is 7. The summed E-state index contributed by atoms with van der Waals surface area (Å²) in [6, 6.07) is 0. The third-order valence-electron chi connectivity index (χ3n) is 2.43. The van der Waals surface area contributed by atoms with Gasteiger partial charge < -0.3 is 14.9 Å². The first kappa shape index (κ1) is 21.6. The van der Waals surface area contributed by atoms with E-state index in [1.165, 1.54) is 32.1 Å². The number of hydrogen-bond donors (Lipinski definition) is 3. The topological polar surface area (TPSA) is 104 Å². The van der Waals surface area contributed by atoms with Gasteiger partial charge in [-0.1, -0.05) is 58.4 Å². The number of rotatable bonds is 11. The van der Waals surface area contributed by atoms with Crippen molar-refractivity contribution in [1.29, 1.82) is 0 Å². The van der Waals surface area contributed by atoms with E-state index in [0.29, 0.717) is 0 Å². The van der Waals surface area contributed by atoms with Gasteiger partial charge in [-0.2, -0.15) is 0 Å². The van der Waals surface area contributed by atoms with Gasteiger partial charge in [0.1, 0.15) is 0 Å². The molecule has 0 radical (unpaired) electrons. The first-order valence-electron chi connectivity index (χ1n) is 6.89. The summed E-state index contributed by atoms with van der Waals surface area (Å²) in [5.41, 5.74) is 0. The largest absolute Gasteiger partial charge is 0.478 e. The summed E-state index contributed by atoms with van der Waals surface area (Å²) in [4.78, 5) is 26.1. The number of carbonyl (C=O) groups is 1. The summed E-state index contributed by atoms with van der Waals surface area (Å²) in [5.74, 6) is -0.981. The van der Waals surface area contributed by atoms with Crippen molar-refractivity contribution in [2.24, 2.45) is 0 Å². The van der Waals surface area contributed by atoms with E-state index in [9.17, 15) is 9.36 Å². The highest BCUT2D eigenvalue weighted by molar-refractivity contribution is 7.46. The average Bonchev–Trinajstić information content (AvgIpc) is 2.36. The summed E-state index contributed by atoms with van der Waals surface area (Å²) in [6.07, 6.45) is 10.1. The molecule has 0 amide bonds. The number of hydrogen-bond acceptors (Lipinski definition) is 3. The summed E-state index contributed by atoms with van der Waals surface area (Å²) in [5, 5.41) is 7.60. The molecule has 0 aliphatic heterocycles. The zero-order chi connectivity index (χ0) is 15.9. The molecule has 0 aliphatic carbocycles. The SMILES string of the molecule is C=CC(=O)O.CCCCCCCCCCOP(=O)(O)O. The van der Waals surface area contributed by atoms with Crippen LogP contribution in [0.3, 0.4) is 0 Å². The fourth-order valence-electron chi connectivity index (χ4n) is 1.42. The number of phosphoric acid groups is 1. The molecule has 0 heterocycles. The molecule has 7 heteroatoms. The summed E-state index contributed by atoms with van der Waals surface area (Å²) >= 11 is 0. The van der Waals surface area contributed by atoms with Gasteiger partial charge in [-0.25, -0.2) is 9.36 Å². The Morgan fingerprint density at radius 1 is 1.10 bits per heavy atom. The van der Waals surface area contributed by atoms with Crippen molar-refractivity contribution < 1.29 is 28.8 Å². The van der Waals surface area contributed by atoms with Crippen LogP contribution in [0.15, 0.2) is 12.7 Å². The van der Waals surface area contributed by atoms with E-state index >= 15 is 0 Å². The highest BCUT2D eigenvalue weighted by Gasteiger charge is 2.12. The van der Waals surface area contributed by atoms with Gasteiger partial charge in [0, 0.05) is 6.08 Å². The van der Waals surface area contributed by atoms with E-state index in [0.717, 1.165) is 25.3 Å². The van der Waals surface area contributed by atoms with Crippen molar-refractivity contribution in [2.75, 3.05) is 6.61 Å². The lowest BCUT2D eigenvalue weighted by atomic mass is 10.1. The zero-order valence-corrected chi connectivity index (χ0v) is 13.1. The molecule has 3 N–H and O–H groups in total. The Balaban J connectivity index is 0. The van der Waals surface area contributed by atoms with Gasteiger partial charge in [-0.15, -0.1) is 0 Å². The molecule has 0 aromatic heterocycles. The van der Waals surface area contributed by atoms with Gasteiger partial charge in [0.2, 0.25) is 0 Å². The van der Waals surface area contributed by atoms with E-state index in [2.05, 4.69) is 18.0 Å². The predicted molar refractivity (Wildman–Crippen MR) is 78.4 cm³/mol. The fourth-order valence-corrected chi connectivity index (χ4v) is 1.79. The molecular weight excluding hydrogens is 283 g/mol. The van der Waals surface area contributed by atoms with Gasteiger partial charge in [-0.05, 0) is 6.42 Å².